The van der Waals surface area contributed by atoms with E-state index in [-0.39, 0.29) is 12.1 Å². The Balaban J connectivity index is 2.29. The quantitative estimate of drug-likeness (QED) is 0.636. The highest BCUT2D eigenvalue weighted by molar-refractivity contribution is 5.66. The minimum absolute atomic E-state index is 0.0290. The lowest BCUT2D eigenvalue weighted by Gasteiger charge is -2.11. The molecule has 0 fully saturated rings. The van der Waals surface area contributed by atoms with Crippen molar-refractivity contribution in [1.29, 1.82) is 0 Å². The van der Waals surface area contributed by atoms with E-state index >= 15 is 0 Å². The van der Waals surface area contributed by atoms with Crippen LogP contribution in [0.3, 0.4) is 0 Å². The molecule has 1 aromatic carbocycles. The van der Waals surface area contributed by atoms with E-state index in [4.69, 9.17) is 4.74 Å². The van der Waals surface area contributed by atoms with Crippen LogP contribution in [0.25, 0.3) is 0 Å². The van der Waals surface area contributed by atoms with Gasteiger partial charge in [0.25, 0.3) is 0 Å². The number of esters is 1. The Labute approximate surface area is 83.9 Å². The van der Waals surface area contributed by atoms with Crippen LogP contribution in [0.1, 0.15) is 43.4 Å². The maximum absolute atomic E-state index is 10.9. The van der Waals surface area contributed by atoms with Crippen LogP contribution >= 0.6 is 0 Å². The molecule has 0 aromatic heterocycles. The van der Waals surface area contributed by atoms with Gasteiger partial charge in [-0.1, -0.05) is 31.2 Å². The van der Waals surface area contributed by atoms with Crippen LogP contribution in [0, 0.1) is 0 Å². The molecule has 14 heavy (non-hydrogen) atoms. The van der Waals surface area contributed by atoms with Gasteiger partial charge in [0.1, 0.15) is 6.10 Å². The molecule has 0 N–H and O–H groups in total. The van der Waals surface area contributed by atoms with E-state index in [9.17, 15) is 4.79 Å². The highest BCUT2D eigenvalue weighted by Gasteiger charge is 2.29. The van der Waals surface area contributed by atoms with Crippen molar-refractivity contribution in [3.63, 3.8) is 0 Å². The molecule has 0 heterocycles. The van der Waals surface area contributed by atoms with Crippen LogP contribution in [0.15, 0.2) is 24.3 Å². The SMILES string of the molecule is CC(=O)O[C@H]1C[C@H](C)c2ccccc21. The average Bonchev–Trinajstić information content (AvgIpc) is 2.44. The molecule has 0 radical (unpaired) electrons. The molecule has 1 aliphatic carbocycles. The number of hydrogen-bond acceptors (Lipinski definition) is 2. The molecule has 0 spiro atoms. The van der Waals surface area contributed by atoms with E-state index in [1.165, 1.54) is 18.1 Å². The molecule has 0 aliphatic heterocycles. The topological polar surface area (TPSA) is 26.3 Å². The van der Waals surface area contributed by atoms with Gasteiger partial charge in [-0.3, -0.25) is 4.79 Å². The molecule has 0 saturated heterocycles. The second kappa shape index (κ2) is 3.45. The van der Waals surface area contributed by atoms with Crippen molar-refractivity contribution in [2.75, 3.05) is 0 Å². The number of ether oxygens (including phenoxy) is 1. The Kier molecular flexibility index (Phi) is 2.28. The van der Waals surface area contributed by atoms with Crippen molar-refractivity contribution < 1.29 is 9.53 Å². The van der Waals surface area contributed by atoms with Gasteiger partial charge < -0.3 is 4.74 Å². The zero-order chi connectivity index (χ0) is 10.1. The van der Waals surface area contributed by atoms with Gasteiger partial charge in [-0.25, -0.2) is 0 Å². The first-order valence-corrected chi connectivity index (χ1v) is 4.94. The van der Waals surface area contributed by atoms with E-state index in [0.717, 1.165) is 6.42 Å². The fourth-order valence-corrected chi connectivity index (χ4v) is 2.14. The van der Waals surface area contributed by atoms with Crippen LogP contribution in [0.4, 0.5) is 0 Å². The number of fused-ring (bicyclic) bond motifs is 1. The summed E-state index contributed by atoms with van der Waals surface area (Å²) in [5.74, 6) is 0.300. The van der Waals surface area contributed by atoms with Crippen molar-refractivity contribution in [1.82, 2.24) is 0 Å². The molecule has 2 heteroatoms. The molecule has 2 atom stereocenters. The lowest BCUT2D eigenvalue weighted by atomic mass is 10.0. The van der Waals surface area contributed by atoms with Crippen molar-refractivity contribution in [2.45, 2.75) is 32.3 Å². The second-order valence-electron chi connectivity index (χ2n) is 3.86. The number of rotatable bonds is 1. The molecule has 0 amide bonds. The number of carbonyl (C=O) groups excluding carboxylic acids is 1. The predicted molar refractivity (Wildman–Crippen MR) is 54.0 cm³/mol. The van der Waals surface area contributed by atoms with Gasteiger partial charge in [0.15, 0.2) is 0 Å². The smallest absolute Gasteiger partial charge is 0.303 e. The van der Waals surface area contributed by atoms with Gasteiger partial charge in [-0.2, -0.15) is 0 Å². The zero-order valence-corrected chi connectivity index (χ0v) is 8.49. The Bertz CT molecular complexity index is 357. The van der Waals surface area contributed by atoms with Gasteiger partial charge in [0.05, 0.1) is 0 Å². The highest BCUT2D eigenvalue weighted by Crippen LogP contribution is 2.41. The van der Waals surface area contributed by atoms with E-state index in [0.29, 0.717) is 5.92 Å². The molecule has 2 nitrogen and oxygen atoms in total. The standard InChI is InChI=1S/C12H14O2/c1-8-7-12(14-9(2)13)11-6-4-3-5-10(8)11/h3-6,8,12H,7H2,1-2H3/t8-,12-/m0/s1. The number of benzene rings is 1. The second-order valence-corrected chi connectivity index (χ2v) is 3.86. The Hall–Kier alpha value is -1.31. The third-order valence-electron chi connectivity index (χ3n) is 2.75. The van der Waals surface area contributed by atoms with Crippen molar-refractivity contribution >= 4 is 5.97 Å². The maximum Gasteiger partial charge on any atom is 0.303 e. The molecule has 74 valence electrons. The molecule has 0 bridgehead atoms. The minimum atomic E-state index is -0.195. The summed E-state index contributed by atoms with van der Waals surface area (Å²) in [5.41, 5.74) is 2.49. The summed E-state index contributed by atoms with van der Waals surface area (Å²) in [4.78, 5) is 10.9. The van der Waals surface area contributed by atoms with E-state index < -0.39 is 0 Å². The molecule has 1 aromatic rings. The Morgan fingerprint density at radius 2 is 2.00 bits per heavy atom. The summed E-state index contributed by atoms with van der Waals surface area (Å²) in [6, 6.07) is 8.19. The number of hydrogen-bond donors (Lipinski definition) is 0. The molecule has 0 unspecified atom stereocenters. The van der Waals surface area contributed by atoms with Crippen LogP contribution < -0.4 is 0 Å². The van der Waals surface area contributed by atoms with E-state index in [1.54, 1.807) is 0 Å². The molecule has 1 aliphatic rings. The van der Waals surface area contributed by atoms with Gasteiger partial charge >= 0.3 is 5.97 Å². The average molecular weight is 190 g/mol. The van der Waals surface area contributed by atoms with Crippen LogP contribution in [-0.2, 0) is 9.53 Å². The number of carbonyl (C=O) groups is 1. The first-order chi connectivity index (χ1) is 6.68. The van der Waals surface area contributed by atoms with E-state index in [2.05, 4.69) is 13.0 Å². The first-order valence-electron chi connectivity index (χ1n) is 4.94. The minimum Gasteiger partial charge on any atom is -0.458 e. The first kappa shape index (κ1) is 9.25. The maximum atomic E-state index is 10.9. The van der Waals surface area contributed by atoms with Crippen LogP contribution in [-0.4, -0.2) is 5.97 Å². The van der Waals surface area contributed by atoms with Gasteiger partial charge in [-0.15, -0.1) is 0 Å². The highest BCUT2D eigenvalue weighted by atomic mass is 16.5. The van der Waals surface area contributed by atoms with Crippen molar-refractivity contribution in [3.8, 4) is 0 Å². The molecular weight excluding hydrogens is 176 g/mol. The summed E-state index contributed by atoms with van der Waals surface area (Å²) < 4.78 is 5.27. The summed E-state index contributed by atoms with van der Waals surface area (Å²) in [5, 5.41) is 0. The Morgan fingerprint density at radius 3 is 2.64 bits per heavy atom. The predicted octanol–water partition coefficient (Wildman–Crippen LogP) is 2.80. The molecule has 2 rings (SSSR count). The van der Waals surface area contributed by atoms with Crippen molar-refractivity contribution in [3.05, 3.63) is 35.4 Å². The van der Waals surface area contributed by atoms with Crippen molar-refractivity contribution in [2.24, 2.45) is 0 Å². The monoisotopic (exact) mass is 190 g/mol. The zero-order valence-electron chi connectivity index (χ0n) is 8.49. The van der Waals surface area contributed by atoms with Gasteiger partial charge in [0.2, 0.25) is 0 Å². The molecular formula is C12H14O2. The summed E-state index contributed by atoms with van der Waals surface area (Å²) in [6.07, 6.45) is 0.887. The normalized spacial score (nSPS) is 24.4. The fraction of sp³-hybridized carbons (Fsp3) is 0.417. The van der Waals surface area contributed by atoms with Gasteiger partial charge in [-0.05, 0) is 23.5 Å². The largest absolute Gasteiger partial charge is 0.458 e. The lowest BCUT2D eigenvalue weighted by molar-refractivity contribution is -0.146. The van der Waals surface area contributed by atoms with Crippen LogP contribution in [0.2, 0.25) is 0 Å². The van der Waals surface area contributed by atoms with Gasteiger partial charge in [0, 0.05) is 6.92 Å². The third kappa shape index (κ3) is 1.52. The fourth-order valence-electron chi connectivity index (χ4n) is 2.14. The summed E-state index contributed by atoms with van der Waals surface area (Å²) in [6.45, 7) is 3.63. The summed E-state index contributed by atoms with van der Waals surface area (Å²) >= 11 is 0. The third-order valence-corrected chi connectivity index (χ3v) is 2.75. The lowest BCUT2D eigenvalue weighted by Crippen LogP contribution is -2.04. The van der Waals surface area contributed by atoms with Crippen LogP contribution in [0.5, 0.6) is 0 Å². The summed E-state index contributed by atoms with van der Waals surface area (Å²) in [7, 11) is 0. The Morgan fingerprint density at radius 1 is 1.36 bits per heavy atom. The molecule has 0 saturated carbocycles. The van der Waals surface area contributed by atoms with E-state index in [1.807, 2.05) is 18.2 Å².